The highest BCUT2D eigenvalue weighted by atomic mass is 28.4. The van der Waals surface area contributed by atoms with Gasteiger partial charge in [0.1, 0.15) is 6.61 Å². The number of nitrogen functional groups attached to an aromatic ring is 1. The molecule has 0 spiro atoms. The number of hydrogen-bond donors (Lipinski definition) is 1. The first-order chi connectivity index (χ1) is 18.3. The Morgan fingerprint density at radius 1 is 0.947 bits per heavy atom. The van der Waals surface area contributed by atoms with Crippen molar-refractivity contribution in [3.63, 3.8) is 0 Å². The number of benzene rings is 2. The molecule has 1 fully saturated rings. The summed E-state index contributed by atoms with van der Waals surface area (Å²) < 4.78 is 20.1. The lowest BCUT2D eigenvalue weighted by atomic mass is 9.81. The fraction of sp³-hybridized carbons (Fsp3) is 0.414. The molecule has 200 valence electrons. The van der Waals surface area contributed by atoms with Crippen LogP contribution in [0.2, 0.25) is 5.04 Å². The van der Waals surface area contributed by atoms with E-state index in [1.54, 1.807) is 7.11 Å². The molecular weight excluding hydrogens is 494 g/mol. The minimum Gasteiger partial charge on any atom is -0.474 e. The zero-order chi connectivity index (χ0) is 26.8. The standard InChI is InChI=1S/C29H37N5O3Si/c1-29(2,3)38(23-11-7-5-8-12-23,24-13-9-6-10-14-24)37-19-21-17-22(18-21)34-20-31-25-26(34)32-28(30)33-27(25)36-16-15-35-4/h5-14,20-22H,15-19H2,1-4H3,(H2,30,32,33)/t21-,22+. The molecule has 5 rings (SSSR count). The Kier molecular flexibility index (Phi) is 7.51. The van der Waals surface area contributed by atoms with E-state index >= 15 is 0 Å². The number of ether oxygens (including phenoxy) is 2. The normalized spacial score (nSPS) is 17.9. The number of hydrogen-bond acceptors (Lipinski definition) is 7. The van der Waals surface area contributed by atoms with Crippen molar-refractivity contribution in [1.29, 1.82) is 0 Å². The van der Waals surface area contributed by atoms with Gasteiger partial charge in [0, 0.05) is 19.8 Å². The maximum atomic E-state index is 7.15. The molecule has 0 aliphatic heterocycles. The van der Waals surface area contributed by atoms with Gasteiger partial charge in [0.2, 0.25) is 11.8 Å². The van der Waals surface area contributed by atoms with Crippen LogP contribution in [0.1, 0.15) is 39.7 Å². The molecule has 2 N–H and O–H groups in total. The third-order valence-corrected chi connectivity index (χ3v) is 12.5. The maximum Gasteiger partial charge on any atom is 0.261 e. The van der Waals surface area contributed by atoms with E-state index in [1.807, 2.05) is 6.33 Å². The molecule has 2 heterocycles. The van der Waals surface area contributed by atoms with Gasteiger partial charge in [0.15, 0.2) is 11.2 Å². The summed E-state index contributed by atoms with van der Waals surface area (Å²) >= 11 is 0. The summed E-state index contributed by atoms with van der Waals surface area (Å²) in [4.78, 5) is 13.3. The van der Waals surface area contributed by atoms with Crippen molar-refractivity contribution in [3.8, 4) is 5.88 Å². The highest BCUT2D eigenvalue weighted by molar-refractivity contribution is 6.99. The summed E-state index contributed by atoms with van der Waals surface area (Å²) in [5.74, 6) is 1.03. The van der Waals surface area contributed by atoms with Crippen LogP contribution in [0.4, 0.5) is 5.95 Å². The highest BCUT2D eigenvalue weighted by Crippen LogP contribution is 2.42. The van der Waals surface area contributed by atoms with Gasteiger partial charge in [-0.1, -0.05) is 81.4 Å². The molecule has 0 unspecified atom stereocenters. The van der Waals surface area contributed by atoms with Crippen molar-refractivity contribution < 1.29 is 13.9 Å². The lowest BCUT2D eigenvalue weighted by Gasteiger charge is -2.45. The third-order valence-electron chi connectivity index (χ3n) is 7.49. The van der Waals surface area contributed by atoms with E-state index in [2.05, 4.69) is 101 Å². The van der Waals surface area contributed by atoms with Crippen LogP contribution in [0.15, 0.2) is 67.0 Å². The molecule has 2 aromatic heterocycles. The van der Waals surface area contributed by atoms with Crippen LogP contribution < -0.4 is 20.8 Å². The highest BCUT2D eigenvalue weighted by Gasteiger charge is 2.50. The molecular formula is C29H37N5O3Si. The fourth-order valence-corrected chi connectivity index (χ4v) is 10.2. The predicted molar refractivity (Wildman–Crippen MR) is 152 cm³/mol. The number of fused-ring (bicyclic) bond motifs is 1. The molecule has 1 aliphatic rings. The summed E-state index contributed by atoms with van der Waals surface area (Å²) in [6, 6.07) is 21.9. The molecule has 4 aromatic rings. The van der Waals surface area contributed by atoms with Crippen molar-refractivity contribution in [2.24, 2.45) is 5.92 Å². The zero-order valence-electron chi connectivity index (χ0n) is 22.6. The molecule has 0 saturated heterocycles. The number of nitrogens with zero attached hydrogens (tertiary/aromatic N) is 4. The van der Waals surface area contributed by atoms with Crippen molar-refractivity contribution >= 4 is 35.8 Å². The third kappa shape index (κ3) is 4.93. The van der Waals surface area contributed by atoms with Gasteiger partial charge in [-0.15, -0.1) is 0 Å². The summed E-state index contributed by atoms with van der Waals surface area (Å²) in [5.41, 5.74) is 7.34. The number of aromatic nitrogens is 4. The van der Waals surface area contributed by atoms with E-state index in [4.69, 9.17) is 19.6 Å². The van der Waals surface area contributed by atoms with Gasteiger partial charge in [-0.2, -0.15) is 9.97 Å². The molecule has 1 aliphatic carbocycles. The average Bonchev–Trinajstić information content (AvgIpc) is 3.29. The number of nitrogens with two attached hydrogens (primary N) is 1. The topological polar surface area (TPSA) is 97.3 Å². The minimum absolute atomic E-state index is 0.0347. The largest absolute Gasteiger partial charge is 0.474 e. The van der Waals surface area contributed by atoms with E-state index in [0.29, 0.717) is 36.2 Å². The van der Waals surface area contributed by atoms with E-state index in [0.717, 1.165) is 19.4 Å². The number of imidazole rings is 1. The second-order valence-corrected chi connectivity index (χ2v) is 15.3. The van der Waals surface area contributed by atoms with E-state index < -0.39 is 8.32 Å². The van der Waals surface area contributed by atoms with Gasteiger partial charge in [0.05, 0.1) is 12.9 Å². The second kappa shape index (κ2) is 10.8. The predicted octanol–water partition coefficient (Wildman–Crippen LogP) is 3.96. The summed E-state index contributed by atoms with van der Waals surface area (Å²) in [5, 5.41) is 2.58. The SMILES string of the molecule is COCCOc1nc(N)nc2c1ncn2[C@H]1C[C@@H](CO[Si](c2ccccc2)(c2ccccc2)C(C)(C)C)C1. The molecule has 0 amide bonds. The lowest BCUT2D eigenvalue weighted by Crippen LogP contribution is -2.67. The Bertz CT molecular complexity index is 1310. The maximum absolute atomic E-state index is 7.15. The van der Waals surface area contributed by atoms with Crippen LogP contribution in [0, 0.1) is 5.92 Å². The molecule has 0 radical (unpaired) electrons. The molecule has 9 heteroatoms. The number of anilines is 1. The molecule has 0 atom stereocenters. The van der Waals surface area contributed by atoms with Crippen LogP contribution >= 0.6 is 0 Å². The van der Waals surface area contributed by atoms with E-state index in [9.17, 15) is 0 Å². The van der Waals surface area contributed by atoms with Gasteiger partial charge < -0.3 is 24.2 Å². The Balaban J connectivity index is 1.35. The van der Waals surface area contributed by atoms with Crippen molar-refractivity contribution in [3.05, 3.63) is 67.0 Å². The Morgan fingerprint density at radius 3 is 2.16 bits per heavy atom. The first kappa shape index (κ1) is 26.3. The smallest absolute Gasteiger partial charge is 0.261 e. The summed E-state index contributed by atoms with van der Waals surface area (Å²) in [6.07, 6.45) is 3.81. The van der Waals surface area contributed by atoms with E-state index in [1.165, 1.54) is 10.4 Å². The second-order valence-electron chi connectivity index (χ2n) is 11.0. The number of rotatable bonds is 10. The van der Waals surface area contributed by atoms with Gasteiger partial charge in [-0.3, -0.25) is 0 Å². The van der Waals surface area contributed by atoms with Crippen LogP contribution in [0.3, 0.4) is 0 Å². The number of methoxy groups -OCH3 is 1. The van der Waals surface area contributed by atoms with Crippen molar-refractivity contribution in [1.82, 2.24) is 19.5 Å². The van der Waals surface area contributed by atoms with Gasteiger partial charge in [0.25, 0.3) is 8.32 Å². The van der Waals surface area contributed by atoms with Crippen molar-refractivity contribution in [2.75, 3.05) is 32.7 Å². The Labute approximate surface area is 225 Å². The van der Waals surface area contributed by atoms with Crippen LogP contribution in [0.25, 0.3) is 11.2 Å². The molecule has 1 saturated carbocycles. The summed E-state index contributed by atoms with van der Waals surface area (Å²) in [7, 11) is -0.909. The molecule has 38 heavy (non-hydrogen) atoms. The molecule has 0 bridgehead atoms. The van der Waals surface area contributed by atoms with Gasteiger partial charge in [-0.25, -0.2) is 4.98 Å². The summed E-state index contributed by atoms with van der Waals surface area (Å²) in [6.45, 7) is 8.51. The zero-order valence-corrected chi connectivity index (χ0v) is 23.6. The van der Waals surface area contributed by atoms with Gasteiger partial charge >= 0.3 is 0 Å². The van der Waals surface area contributed by atoms with E-state index in [-0.39, 0.29) is 17.0 Å². The lowest BCUT2D eigenvalue weighted by molar-refractivity contribution is 0.121. The van der Waals surface area contributed by atoms with Crippen LogP contribution in [-0.2, 0) is 9.16 Å². The average molecular weight is 532 g/mol. The fourth-order valence-electron chi connectivity index (χ4n) is 5.56. The Hall–Kier alpha value is -3.27. The Morgan fingerprint density at radius 2 is 1.58 bits per heavy atom. The first-order valence-electron chi connectivity index (χ1n) is 13.2. The molecule has 8 nitrogen and oxygen atoms in total. The quantitative estimate of drug-likeness (QED) is 0.244. The first-order valence-corrected chi connectivity index (χ1v) is 15.1. The van der Waals surface area contributed by atoms with Gasteiger partial charge in [-0.05, 0) is 34.2 Å². The van der Waals surface area contributed by atoms with Crippen LogP contribution in [-0.4, -0.2) is 54.8 Å². The van der Waals surface area contributed by atoms with Crippen molar-refractivity contribution in [2.45, 2.75) is 44.7 Å². The monoisotopic (exact) mass is 531 g/mol. The van der Waals surface area contributed by atoms with Crippen LogP contribution in [0.5, 0.6) is 5.88 Å². The molecule has 2 aromatic carbocycles. The minimum atomic E-state index is -2.54.